The Morgan fingerprint density at radius 3 is 2.50 bits per heavy atom. The second-order valence-corrected chi connectivity index (χ2v) is 4.27. The van der Waals surface area contributed by atoms with Crippen molar-refractivity contribution in [2.45, 2.75) is 32.6 Å². The van der Waals surface area contributed by atoms with Crippen molar-refractivity contribution in [2.75, 3.05) is 6.54 Å². The molecule has 0 aromatic heterocycles. The fraction of sp³-hybridized carbons (Fsp3) is 1.00. The van der Waals surface area contributed by atoms with Gasteiger partial charge in [-0.15, -0.1) is 0 Å². The molecular formula is C9H17N. The Bertz CT molecular complexity index is 140. The van der Waals surface area contributed by atoms with Gasteiger partial charge in [-0.3, -0.25) is 0 Å². The Morgan fingerprint density at radius 1 is 1.50 bits per heavy atom. The van der Waals surface area contributed by atoms with E-state index in [0.717, 1.165) is 18.4 Å². The summed E-state index contributed by atoms with van der Waals surface area (Å²) in [5.74, 6) is 1.92. The van der Waals surface area contributed by atoms with E-state index in [1.54, 1.807) is 0 Å². The smallest absolute Gasteiger partial charge is 0.00433 e. The predicted octanol–water partition coefficient (Wildman–Crippen LogP) is 1.77. The van der Waals surface area contributed by atoms with Gasteiger partial charge >= 0.3 is 0 Å². The van der Waals surface area contributed by atoms with E-state index in [0.29, 0.717) is 5.41 Å². The summed E-state index contributed by atoms with van der Waals surface area (Å²) in [5.41, 5.74) is 6.31. The second kappa shape index (κ2) is 1.97. The molecule has 2 saturated carbocycles. The Balaban J connectivity index is 1.92. The summed E-state index contributed by atoms with van der Waals surface area (Å²) in [6.07, 6.45) is 5.84. The fourth-order valence-electron chi connectivity index (χ4n) is 2.39. The molecule has 10 heavy (non-hydrogen) atoms. The first kappa shape index (κ1) is 6.66. The molecule has 2 atom stereocenters. The van der Waals surface area contributed by atoms with Gasteiger partial charge in [-0.05, 0) is 43.1 Å². The average Bonchev–Trinajstić information content (AvgIpc) is 2.37. The van der Waals surface area contributed by atoms with Gasteiger partial charge in [0.15, 0.2) is 0 Å². The van der Waals surface area contributed by atoms with E-state index in [1.807, 2.05) is 0 Å². The molecule has 0 amide bonds. The van der Waals surface area contributed by atoms with Crippen molar-refractivity contribution in [2.24, 2.45) is 23.0 Å². The maximum Gasteiger partial charge on any atom is -0.00433 e. The third-order valence-corrected chi connectivity index (χ3v) is 3.78. The van der Waals surface area contributed by atoms with Crippen LogP contribution in [-0.2, 0) is 0 Å². The van der Waals surface area contributed by atoms with Crippen LogP contribution in [0.2, 0.25) is 0 Å². The monoisotopic (exact) mass is 139 g/mol. The molecule has 0 saturated heterocycles. The van der Waals surface area contributed by atoms with Crippen LogP contribution in [0.1, 0.15) is 32.6 Å². The molecule has 58 valence electrons. The topological polar surface area (TPSA) is 26.0 Å². The summed E-state index contributed by atoms with van der Waals surface area (Å²) < 4.78 is 0. The molecule has 0 aromatic carbocycles. The normalized spacial score (nSPS) is 46.8. The van der Waals surface area contributed by atoms with E-state index in [2.05, 4.69) is 6.92 Å². The summed E-state index contributed by atoms with van der Waals surface area (Å²) >= 11 is 0. The predicted molar refractivity (Wildman–Crippen MR) is 42.6 cm³/mol. The first-order valence-electron chi connectivity index (χ1n) is 4.47. The van der Waals surface area contributed by atoms with Crippen molar-refractivity contribution in [3.8, 4) is 0 Å². The molecule has 0 radical (unpaired) electrons. The summed E-state index contributed by atoms with van der Waals surface area (Å²) in [7, 11) is 0. The maximum absolute atomic E-state index is 5.63. The van der Waals surface area contributed by atoms with Crippen molar-refractivity contribution in [3.05, 3.63) is 0 Å². The lowest BCUT2D eigenvalue weighted by molar-refractivity contribution is 0.186. The highest BCUT2D eigenvalue weighted by Gasteiger charge is 2.55. The molecule has 2 rings (SSSR count). The first-order chi connectivity index (χ1) is 4.77. The highest BCUT2D eigenvalue weighted by Crippen LogP contribution is 2.62. The Kier molecular flexibility index (Phi) is 1.31. The van der Waals surface area contributed by atoms with E-state index in [4.69, 9.17) is 5.73 Å². The first-order valence-corrected chi connectivity index (χ1v) is 4.47. The average molecular weight is 139 g/mol. The highest BCUT2D eigenvalue weighted by atomic mass is 14.7. The molecule has 0 aliphatic heterocycles. The largest absolute Gasteiger partial charge is 0.330 e. The van der Waals surface area contributed by atoms with E-state index in [-0.39, 0.29) is 0 Å². The zero-order chi connectivity index (χ0) is 7.19. The van der Waals surface area contributed by atoms with Gasteiger partial charge < -0.3 is 5.73 Å². The van der Waals surface area contributed by atoms with Crippen LogP contribution in [0.5, 0.6) is 0 Å². The molecule has 2 aliphatic rings. The van der Waals surface area contributed by atoms with E-state index < -0.39 is 0 Å². The van der Waals surface area contributed by atoms with Gasteiger partial charge in [-0.1, -0.05) is 13.3 Å². The summed E-state index contributed by atoms with van der Waals surface area (Å²) in [6.45, 7) is 3.35. The summed E-state index contributed by atoms with van der Waals surface area (Å²) in [4.78, 5) is 0. The minimum absolute atomic E-state index is 0.688. The third kappa shape index (κ3) is 0.731. The van der Waals surface area contributed by atoms with Crippen LogP contribution in [0, 0.1) is 17.3 Å². The van der Waals surface area contributed by atoms with E-state index in [9.17, 15) is 0 Å². The lowest BCUT2D eigenvalue weighted by Gasteiger charge is -2.32. The van der Waals surface area contributed by atoms with E-state index in [1.165, 1.54) is 25.7 Å². The summed E-state index contributed by atoms with van der Waals surface area (Å²) in [5, 5.41) is 0. The Labute approximate surface area is 63.0 Å². The third-order valence-electron chi connectivity index (χ3n) is 3.78. The Hall–Kier alpha value is -0.0400. The van der Waals surface area contributed by atoms with Gasteiger partial charge in [-0.25, -0.2) is 0 Å². The quantitative estimate of drug-likeness (QED) is 0.620. The minimum Gasteiger partial charge on any atom is -0.330 e. The van der Waals surface area contributed by atoms with Crippen LogP contribution in [0.25, 0.3) is 0 Å². The zero-order valence-corrected chi connectivity index (χ0v) is 6.77. The van der Waals surface area contributed by atoms with Crippen LogP contribution in [0.4, 0.5) is 0 Å². The van der Waals surface area contributed by atoms with Crippen LogP contribution >= 0.6 is 0 Å². The molecule has 0 bridgehead atoms. The molecule has 1 heteroatoms. The van der Waals surface area contributed by atoms with Crippen LogP contribution < -0.4 is 5.73 Å². The van der Waals surface area contributed by atoms with Crippen LogP contribution in [0.15, 0.2) is 0 Å². The van der Waals surface area contributed by atoms with Crippen molar-refractivity contribution in [1.82, 2.24) is 0 Å². The van der Waals surface area contributed by atoms with Gasteiger partial charge in [0.2, 0.25) is 0 Å². The SMILES string of the molecule is CC1(C2CCC2)CC1CN. The number of hydrogen-bond acceptors (Lipinski definition) is 1. The second-order valence-electron chi connectivity index (χ2n) is 4.27. The lowest BCUT2D eigenvalue weighted by Crippen LogP contribution is -2.24. The molecule has 0 heterocycles. The van der Waals surface area contributed by atoms with Gasteiger partial charge in [0, 0.05) is 0 Å². The van der Waals surface area contributed by atoms with Gasteiger partial charge in [0.1, 0.15) is 0 Å². The molecule has 2 unspecified atom stereocenters. The number of rotatable bonds is 2. The molecule has 2 N–H and O–H groups in total. The standard InChI is InChI=1S/C9H17N/c1-9(5-8(9)6-10)7-3-2-4-7/h7-8H,2-6,10H2,1H3. The van der Waals surface area contributed by atoms with Crippen LogP contribution in [-0.4, -0.2) is 6.54 Å². The van der Waals surface area contributed by atoms with Gasteiger partial charge in [0.25, 0.3) is 0 Å². The van der Waals surface area contributed by atoms with E-state index >= 15 is 0 Å². The molecule has 2 aliphatic carbocycles. The summed E-state index contributed by atoms with van der Waals surface area (Å²) in [6, 6.07) is 0. The molecule has 0 spiro atoms. The van der Waals surface area contributed by atoms with Crippen LogP contribution in [0.3, 0.4) is 0 Å². The highest BCUT2D eigenvalue weighted by molar-refractivity contribution is 5.05. The van der Waals surface area contributed by atoms with Crippen molar-refractivity contribution >= 4 is 0 Å². The molecular weight excluding hydrogens is 122 g/mol. The van der Waals surface area contributed by atoms with Gasteiger partial charge in [-0.2, -0.15) is 0 Å². The zero-order valence-electron chi connectivity index (χ0n) is 6.77. The van der Waals surface area contributed by atoms with Crippen molar-refractivity contribution < 1.29 is 0 Å². The van der Waals surface area contributed by atoms with Crippen molar-refractivity contribution in [1.29, 1.82) is 0 Å². The molecule has 2 fully saturated rings. The van der Waals surface area contributed by atoms with Crippen molar-refractivity contribution in [3.63, 3.8) is 0 Å². The Morgan fingerprint density at radius 2 is 2.20 bits per heavy atom. The molecule has 0 aromatic rings. The minimum atomic E-state index is 0.688. The lowest BCUT2D eigenvalue weighted by atomic mass is 9.73. The number of nitrogens with two attached hydrogens (primary N) is 1. The fourth-order valence-corrected chi connectivity index (χ4v) is 2.39. The van der Waals surface area contributed by atoms with Gasteiger partial charge in [0.05, 0.1) is 0 Å². The maximum atomic E-state index is 5.63. The number of hydrogen-bond donors (Lipinski definition) is 1. The molecule has 1 nitrogen and oxygen atoms in total.